The molecular weight excluding hydrogens is 367 g/mol. The maximum Gasteiger partial charge on any atom is 0.143 e. The van der Waals surface area contributed by atoms with Crippen molar-refractivity contribution in [3.63, 3.8) is 0 Å². The zero-order valence-corrected chi connectivity index (χ0v) is 14.5. The van der Waals surface area contributed by atoms with Gasteiger partial charge in [-0.2, -0.15) is 0 Å². The highest BCUT2D eigenvalue weighted by molar-refractivity contribution is 9.10. The molecule has 1 spiro atoms. The van der Waals surface area contributed by atoms with Crippen molar-refractivity contribution in [1.29, 1.82) is 0 Å². The average Bonchev–Trinajstić information content (AvgIpc) is 2.77. The largest absolute Gasteiger partial charge is 0.339 e. The van der Waals surface area contributed by atoms with Crippen molar-refractivity contribution in [2.24, 2.45) is 5.92 Å². The van der Waals surface area contributed by atoms with Crippen LogP contribution in [0.25, 0.3) is 0 Å². The molecule has 2 aliphatic rings. The zero-order chi connectivity index (χ0) is 15.5. The fourth-order valence-corrected chi connectivity index (χ4v) is 4.41. The van der Waals surface area contributed by atoms with E-state index in [-0.39, 0.29) is 16.3 Å². The third-order valence-corrected chi connectivity index (χ3v) is 5.54. The smallest absolute Gasteiger partial charge is 0.143 e. The first kappa shape index (κ1) is 14.5. The van der Waals surface area contributed by atoms with E-state index in [9.17, 15) is 4.39 Å². The van der Waals surface area contributed by atoms with Gasteiger partial charge < -0.3 is 4.90 Å². The van der Waals surface area contributed by atoms with Gasteiger partial charge in [0.05, 0.1) is 16.4 Å². The first-order valence-electron chi connectivity index (χ1n) is 7.38. The lowest BCUT2D eigenvalue weighted by Crippen LogP contribution is -2.43. The summed E-state index contributed by atoms with van der Waals surface area (Å²) >= 11 is 9.29. The lowest BCUT2D eigenvalue weighted by Gasteiger charge is -2.43. The maximum atomic E-state index is 13.8. The molecule has 5 heteroatoms. The number of rotatable bonds is 1. The predicted octanol–water partition coefficient (Wildman–Crippen LogP) is 5.46. The van der Waals surface area contributed by atoms with E-state index in [2.05, 4.69) is 33.8 Å². The van der Waals surface area contributed by atoms with Gasteiger partial charge in [0.15, 0.2) is 0 Å². The third kappa shape index (κ3) is 2.08. The van der Waals surface area contributed by atoms with Crippen molar-refractivity contribution in [1.82, 2.24) is 4.98 Å². The minimum atomic E-state index is -0.381. The molecule has 0 N–H and O–H groups in total. The second-order valence-electron chi connectivity index (χ2n) is 6.48. The molecule has 1 fully saturated rings. The number of pyridine rings is 1. The number of nitrogens with zero attached hydrogens (tertiary/aromatic N) is 2. The third-order valence-electron chi connectivity index (χ3n) is 4.79. The molecule has 1 aliphatic heterocycles. The topological polar surface area (TPSA) is 16.1 Å². The van der Waals surface area contributed by atoms with Crippen LogP contribution >= 0.6 is 27.5 Å². The van der Waals surface area contributed by atoms with Crippen molar-refractivity contribution >= 4 is 38.9 Å². The highest BCUT2D eigenvalue weighted by Crippen LogP contribution is 2.56. The first-order valence-corrected chi connectivity index (χ1v) is 8.55. The number of hydrogen-bond acceptors (Lipinski definition) is 2. The summed E-state index contributed by atoms with van der Waals surface area (Å²) in [5, 5.41) is 0.157. The Morgan fingerprint density at radius 1 is 1.32 bits per heavy atom. The number of aromatic nitrogens is 1. The standard InChI is InChI=1S/C17H15BrClFN2/c1-10-7-17(8-10)9-22(11-2-3-12(19)13(20)6-11)14-4-5-15(18)21-16(14)17/h2-6,10H,7-9H2,1H3. The molecule has 1 aromatic heterocycles. The van der Waals surface area contributed by atoms with E-state index >= 15 is 0 Å². The Labute approximate surface area is 142 Å². The minimum Gasteiger partial charge on any atom is -0.339 e. The molecule has 4 rings (SSSR count). The van der Waals surface area contributed by atoms with Gasteiger partial charge in [-0.25, -0.2) is 9.37 Å². The van der Waals surface area contributed by atoms with Gasteiger partial charge in [0.2, 0.25) is 0 Å². The summed E-state index contributed by atoms with van der Waals surface area (Å²) < 4.78 is 14.7. The molecule has 1 aromatic carbocycles. The number of benzene rings is 1. The summed E-state index contributed by atoms with van der Waals surface area (Å²) in [6, 6.07) is 9.01. The van der Waals surface area contributed by atoms with Gasteiger partial charge in [0, 0.05) is 17.6 Å². The van der Waals surface area contributed by atoms with Crippen molar-refractivity contribution < 1.29 is 4.39 Å². The maximum absolute atomic E-state index is 13.8. The Morgan fingerprint density at radius 3 is 2.77 bits per heavy atom. The summed E-state index contributed by atoms with van der Waals surface area (Å²) in [5.41, 5.74) is 3.16. The zero-order valence-electron chi connectivity index (χ0n) is 12.1. The summed E-state index contributed by atoms with van der Waals surface area (Å²) in [6.07, 6.45) is 2.27. The molecule has 0 saturated heterocycles. The van der Waals surface area contributed by atoms with E-state index in [0.29, 0.717) is 0 Å². The molecule has 0 radical (unpaired) electrons. The van der Waals surface area contributed by atoms with Crippen molar-refractivity contribution in [3.05, 3.63) is 51.5 Å². The van der Waals surface area contributed by atoms with Gasteiger partial charge in [0.1, 0.15) is 10.4 Å². The van der Waals surface area contributed by atoms with E-state index in [4.69, 9.17) is 16.6 Å². The van der Waals surface area contributed by atoms with Gasteiger partial charge in [-0.3, -0.25) is 0 Å². The SMILES string of the molecule is CC1CC2(C1)CN(c1ccc(Cl)c(F)c1)c1ccc(Br)nc12. The highest BCUT2D eigenvalue weighted by Gasteiger charge is 2.51. The first-order chi connectivity index (χ1) is 10.5. The van der Waals surface area contributed by atoms with Gasteiger partial charge >= 0.3 is 0 Å². The number of anilines is 2. The van der Waals surface area contributed by atoms with Crippen molar-refractivity contribution in [3.8, 4) is 0 Å². The van der Waals surface area contributed by atoms with E-state index in [0.717, 1.165) is 47.0 Å². The van der Waals surface area contributed by atoms with Crippen LogP contribution in [-0.2, 0) is 5.41 Å². The normalized spacial score (nSPS) is 26.2. The van der Waals surface area contributed by atoms with Crippen LogP contribution in [0.1, 0.15) is 25.5 Å². The van der Waals surface area contributed by atoms with E-state index < -0.39 is 0 Å². The van der Waals surface area contributed by atoms with E-state index in [1.165, 1.54) is 6.07 Å². The Kier molecular flexibility index (Phi) is 3.24. The van der Waals surface area contributed by atoms with Gasteiger partial charge in [-0.15, -0.1) is 0 Å². The Morgan fingerprint density at radius 2 is 2.09 bits per heavy atom. The molecule has 22 heavy (non-hydrogen) atoms. The Balaban J connectivity index is 1.81. The summed E-state index contributed by atoms with van der Waals surface area (Å²) in [4.78, 5) is 6.90. The van der Waals surface area contributed by atoms with Crippen LogP contribution in [0.3, 0.4) is 0 Å². The van der Waals surface area contributed by atoms with Crippen LogP contribution in [0.5, 0.6) is 0 Å². The number of fused-ring (bicyclic) bond motifs is 2. The molecule has 1 aliphatic carbocycles. The quantitative estimate of drug-likeness (QED) is 0.610. The van der Waals surface area contributed by atoms with Crippen molar-refractivity contribution in [2.45, 2.75) is 25.2 Å². The van der Waals surface area contributed by atoms with Gasteiger partial charge in [-0.1, -0.05) is 18.5 Å². The molecule has 0 unspecified atom stereocenters. The lowest BCUT2D eigenvalue weighted by molar-refractivity contribution is 0.170. The molecule has 1 saturated carbocycles. The van der Waals surface area contributed by atoms with Crippen LogP contribution in [0.15, 0.2) is 34.9 Å². The average molecular weight is 382 g/mol. The highest BCUT2D eigenvalue weighted by atomic mass is 79.9. The number of halogens is 3. The van der Waals surface area contributed by atoms with Crippen LogP contribution in [0.4, 0.5) is 15.8 Å². The van der Waals surface area contributed by atoms with Gasteiger partial charge in [0.25, 0.3) is 0 Å². The van der Waals surface area contributed by atoms with Crippen LogP contribution in [0, 0.1) is 11.7 Å². The van der Waals surface area contributed by atoms with E-state index in [1.54, 1.807) is 6.07 Å². The Hall–Kier alpha value is -1.13. The van der Waals surface area contributed by atoms with Gasteiger partial charge in [-0.05, 0) is 65.0 Å². The second kappa shape index (κ2) is 4.93. The van der Waals surface area contributed by atoms with Crippen LogP contribution in [0.2, 0.25) is 5.02 Å². The molecule has 0 amide bonds. The molecule has 2 aromatic rings. The summed E-state index contributed by atoms with van der Waals surface area (Å²) in [5.74, 6) is 0.337. The van der Waals surface area contributed by atoms with Crippen molar-refractivity contribution in [2.75, 3.05) is 11.4 Å². The van der Waals surface area contributed by atoms with E-state index in [1.807, 2.05) is 12.1 Å². The van der Waals surface area contributed by atoms with Crippen LogP contribution < -0.4 is 4.90 Å². The molecular formula is C17H15BrClFN2. The fraction of sp³-hybridized carbons (Fsp3) is 0.353. The molecule has 114 valence electrons. The minimum absolute atomic E-state index is 0.106. The summed E-state index contributed by atoms with van der Waals surface area (Å²) in [7, 11) is 0. The fourth-order valence-electron chi connectivity index (χ4n) is 3.98. The summed E-state index contributed by atoms with van der Waals surface area (Å²) in [6.45, 7) is 3.13. The lowest BCUT2D eigenvalue weighted by atomic mass is 9.61. The molecule has 0 bridgehead atoms. The molecule has 0 atom stereocenters. The Bertz CT molecular complexity index is 758. The number of hydrogen-bond donors (Lipinski definition) is 0. The monoisotopic (exact) mass is 380 g/mol. The predicted molar refractivity (Wildman–Crippen MR) is 90.4 cm³/mol. The second-order valence-corrected chi connectivity index (χ2v) is 7.70. The molecule has 2 heterocycles. The van der Waals surface area contributed by atoms with Crippen LogP contribution in [-0.4, -0.2) is 11.5 Å². The molecule has 2 nitrogen and oxygen atoms in total.